The Labute approximate surface area is 101 Å². The third-order valence-corrected chi connectivity index (χ3v) is 2.50. The maximum absolute atomic E-state index is 12.1. The Balaban J connectivity index is 2.83. The molecular weight excluding hydrogens is 257 g/mol. The first-order valence-corrected chi connectivity index (χ1v) is 5.22. The van der Waals surface area contributed by atoms with Crippen molar-refractivity contribution in [2.75, 3.05) is 0 Å². The standard InChI is InChI=1S/C11H10ClF3O2/c12-8-3-1-2-7(6-8)9(10(16)17)4-5-11(13,14)15/h1-3,6,9H,4-5H2,(H,16,17). The quantitative estimate of drug-likeness (QED) is 0.899. The van der Waals surface area contributed by atoms with Crippen molar-refractivity contribution >= 4 is 17.6 Å². The lowest BCUT2D eigenvalue weighted by Gasteiger charge is -2.14. The number of aliphatic carboxylic acids is 1. The van der Waals surface area contributed by atoms with Crippen LogP contribution in [0, 0.1) is 0 Å². The summed E-state index contributed by atoms with van der Waals surface area (Å²) in [5, 5.41) is 9.21. The van der Waals surface area contributed by atoms with Gasteiger partial charge in [0.1, 0.15) is 0 Å². The first-order chi connectivity index (χ1) is 7.79. The van der Waals surface area contributed by atoms with Crippen molar-refractivity contribution in [1.29, 1.82) is 0 Å². The van der Waals surface area contributed by atoms with E-state index in [9.17, 15) is 18.0 Å². The molecule has 1 N–H and O–H groups in total. The van der Waals surface area contributed by atoms with Crippen LogP contribution in [0.15, 0.2) is 24.3 Å². The summed E-state index contributed by atoms with van der Waals surface area (Å²) in [7, 11) is 0. The second-order valence-electron chi connectivity index (χ2n) is 3.60. The first-order valence-electron chi connectivity index (χ1n) is 4.84. The Morgan fingerprint density at radius 1 is 1.41 bits per heavy atom. The van der Waals surface area contributed by atoms with Gasteiger partial charge >= 0.3 is 12.1 Å². The van der Waals surface area contributed by atoms with Crippen LogP contribution in [0.5, 0.6) is 0 Å². The van der Waals surface area contributed by atoms with E-state index in [2.05, 4.69) is 0 Å². The molecule has 1 atom stereocenters. The molecule has 0 fully saturated rings. The van der Waals surface area contributed by atoms with Crippen LogP contribution in [0.4, 0.5) is 13.2 Å². The predicted octanol–water partition coefficient (Wildman–Crippen LogP) is 3.85. The van der Waals surface area contributed by atoms with E-state index >= 15 is 0 Å². The van der Waals surface area contributed by atoms with Crippen LogP contribution in [0.3, 0.4) is 0 Å². The molecule has 0 aliphatic rings. The third-order valence-electron chi connectivity index (χ3n) is 2.27. The monoisotopic (exact) mass is 266 g/mol. The summed E-state index contributed by atoms with van der Waals surface area (Å²) in [5.74, 6) is -2.47. The maximum Gasteiger partial charge on any atom is 0.389 e. The number of benzene rings is 1. The normalized spacial score (nSPS) is 13.4. The van der Waals surface area contributed by atoms with Crippen molar-refractivity contribution in [2.45, 2.75) is 24.9 Å². The molecule has 0 spiro atoms. The molecule has 2 nitrogen and oxygen atoms in total. The summed E-state index contributed by atoms with van der Waals surface area (Å²) in [5.41, 5.74) is 0.286. The van der Waals surface area contributed by atoms with Crippen molar-refractivity contribution in [3.63, 3.8) is 0 Å². The van der Waals surface area contributed by atoms with E-state index in [1.54, 1.807) is 0 Å². The molecule has 1 aromatic rings. The van der Waals surface area contributed by atoms with Crippen molar-refractivity contribution < 1.29 is 23.1 Å². The van der Waals surface area contributed by atoms with Gasteiger partial charge in [-0.3, -0.25) is 4.79 Å². The fourth-order valence-corrected chi connectivity index (χ4v) is 1.66. The molecule has 0 aliphatic carbocycles. The molecule has 17 heavy (non-hydrogen) atoms. The van der Waals surface area contributed by atoms with E-state index < -0.39 is 30.9 Å². The topological polar surface area (TPSA) is 37.3 Å². The number of halogens is 4. The fraction of sp³-hybridized carbons (Fsp3) is 0.364. The minimum Gasteiger partial charge on any atom is -0.481 e. The summed E-state index contributed by atoms with van der Waals surface area (Å²) >= 11 is 5.67. The lowest BCUT2D eigenvalue weighted by atomic mass is 9.94. The molecule has 0 saturated heterocycles. The van der Waals surface area contributed by atoms with Crippen molar-refractivity contribution in [3.8, 4) is 0 Å². The molecule has 6 heteroatoms. The van der Waals surface area contributed by atoms with Crippen LogP contribution in [-0.4, -0.2) is 17.3 Å². The minimum absolute atomic E-state index is 0.286. The van der Waals surface area contributed by atoms with Gasteiger partial charge in [0.2, 0.25) is 0 Å². The van der Waals surface area contributed by atoms with Crippen LogP contribution >= 0.6 is 11.6 Å². The zero-order valence-electron chi connectivity index (χ0n) is 8.67. The highest BCUT2D eigenvalue weighted by Crippen LogP contribution is 2.30. The molecule has 0 bridgehead atoms. The van der Waals surface area contributed by atoms with Crippen LogP contribution in [-0.2, 0) is 4.79 Å². The van der Waals surface area contributed by atoms with E-state index in [1.165, 1.54) is 24.3 Å². The smallest absolute Gasteiger partial charge is 0.389 e. The van der Waals surface area contributed by atoms with Crippen molar-refractivity contribution in [2.24, 2.45) is 0 Å². The average molecular weight is 267 g/mol. The van der Waals surface area contributed by atoms with Gasteiger partial charge in [-0.2, -0.15) is 13.2 Å². The minimum atomic E-state index is -4.35. The zero-order chi connectivity index (χ0) is 13.1. The summed E-state index contributed by atoms with van der Waals surface area (Å²) < 4.78 is 36.2. The molecule has 0 aromatic heterocycles. The van der Waals surface area contributed by atoms with Gasteiger partial charge in [-0.15, -0.1) is 0 Å². The number of hydrogen-bond acceptors (Lipinski definition) is 1. The lowest BCUT2D eigenvalue weighted by molar-refractivity contribution is -0.145. The van der Waals surface area contributed by atoms with Gasteiger partial charge < -0.3 is 5.11 Å². The second-order valence-corrected chi connectivity index (χ2v) is 4.04. The third kappa shape index (κ3) is 4.65. The van der Waals surface area contributed by atoms with E-state index in [0.717, 1.165) is 0 Å². The van der Waals surface area contributed by atoms with E-state index in [1.807, 2.05) is 0 Å². The average Bonchev–Trinajstić information content (AvgIpc) is 2.15. The van der Waals surface area contributed by atoms with Gasteiger partial charge in [0, 0.05) is 11.4 Å². The Hall–Kier alpha value is -1.23. The number of carbonyl (C=O) groups is 1. The van der Waals surface area contributed by atoms with Gasteiger partial charge in [-0.1, -0.05) is 23.7 Å². The largest absolute Gasteiger partial charge is 0.481 e. The summed E-state index contributed by atoms with van der Waals surface area (Å²) in [6, 6.07) is 5.88. The molecule has 0 heterocycles. The Kier molecular flexibility index (Phi) is 4.40. The Morgan fingerprint density at radius 2 is 2.06 bits per heavy atom. The van der Waals surface area contributed by atoms with E-state index in [-0.39, 0.29) is 5.56 Å². The van der Waals surface area contributed by atoms with Gasteiger partial charge in [-0.25, -0.2) is 0 Å². The molecule has 1 rings (SSSR count). The summed E-state index contributed by atoms with van der Waals surface area (Å²) in [6.45, 7) is 0. The molecule has 1 unspecified atom stereocenters. The number of rotatable bonds is 4. The second kappa shape index (κ2) is 5.40. The number of hydrogen-bond donors (Lipinski definition) is 1. The van der Waals surface area contributed by atoms with Gasteiger partial charge in [0.25, 0.3) is 0 Å². The van der Waals surface area contributed by atoms with Crippen LogP contribution in [0.25, 0.3) is 0 Å². The SMILES string of the molecule is O=C(O)C(CCC(F)(F)F)c1cccc(Cl)c1. The molecule has 94 valence electrons. The molecule has 0 amide bonds. The number of alkyl halides is 3. The number of carboxylic acid groups (broad SMARTS) is 1. The van der Waals surface area contributed by atoms with Crippen LogP contribution in [0.2, 0.25) is 5.02 Å². The van der Waals surface area contributed by atoms with E-state index in [4.69, 9.17) is 16.7 Å². The maximum atomic E-state index is 12.1. The highest BCUT2D eigenvalue weighted by Gasteiger charge is 2.31. The van der Waals surface area contributed by atoms with Crippen LogP contribution < -0.4 is 0 Å². The molecule has 0 radical (unpaired) electrons. The highest BCUT2D eigenvalue weighted by atomic mass is 35.5. The molecule has 0 aliphatic heterocycles. The molecule has 0 saturated carbocycles. The summed E-state index contributed by atoms with van der Waals surface area (Å²) in [4.78, 5) is 10.9. The zero-order valence-corrected chi connectivity index (χ0v) is 9.42. The predicted molar refractivity (Wildman–Crippen MR) is 57.1 cm³/mol. The number of carboxylic acids is 1. The highest BCUT2D eigenvalue weighted by molar-refractivity contribution is 6.30. The van der Waals surface area contributed by atoms with Gasteiger partial charge in [-0.05, 0) is 24.1 Å². The fourth-order valence-electron chi connectivity index (χ4n) is 1.46. The molecular formula is C11H10ClF3O2. The van der Waals surface area contributed by atoms with Gasteiger partial charge in [0.15, 0.2) is 0 Å². The van der Waals surface area contributed by atoms with Crippen molar-refractivity contribution in [3.05, 3.63) is 34.9 Å². The molecule has 1 aromatic carbocycles. The summed E-state index contributed by atoms with van der Waals surface area (Å²) in [6.07, 6.45) is -5.97. The van der Waals surface area contributed by atoms with E-state index in [0.29, 0.717) is 5.02 Å². The first kappa shape index (κ1) is 13.8. The lowest BCUT2D eigenvalue weighted by Crippen LogP contribution is -2.16. The van der Waals surface area contributed by atoms with Crippen molar-refractivity contribution in [1.82, 2.24) is 0 Å². The van der Waals surface area contributed by atoms with Gasteiger partial charge in [0.05, 0.1) is 5.92 Å². The Bertz CT molecular complexity index is 404. The Morgan fingerprint density at radius 3 is 2.53 bits per heavy atom. The van der Waals surface area contributed by atoms with Crippen LogP contribution in [0.1, 0.15) is 24.3 Å².